The first kappa shape index (κ1) is 15.4. The van der Waals surface area contributed by atoms with Crippen LogP contribution in [0.25, 0.3) is 0 Å². The number of morpholine rings is 1. The minimum Gasteiger partial charge on any atom is -0.468 e. The highest BCUT2D eigenvalue weighted by atomic mass is 79.9. The monoisotopic (exact) mass is 368 g/mol. The Kier molecular flexibility index (Phi) is 4.42. The van der Waals surface area contributed by atoms with Crippen molar-refractivity contribution in [3.63, 3.8) is 0 Å². The molecule has 1 saturated heterocycles. The second-order valence-corrected chi connectivity index (χ2v) is 6.60. The molecule has 2 rings (SSSR count). The van der Waals surface area contributed by atoms with E-state index in [4.69, 9.17) is 4.74 Å². The number of sulfonamides is 1. The molecule has 1 unspecified atom stereocenters. The van der Waals surface area contributed by atoms with E-state index in [2.05, 4.69) is 31.0 Å². The van der Waals surface area contributed by atoms with E-state index in [1.165, 1.54) is 14.2 Å². The van der Waals surface area contributed by atoms with Crippen LogP contribution in [0.3, 0.4) is 0 Å². The summed E-state index contributed by atoms with van der Waals surface area (Å²) in [5.74, 6) is -0.667. The third-order valence-electron chi connectivity index (χ3n) is 2.84. The summed E-state index contributed by atoms with van der Waals surface area (Å²) >= 11 is 3.05. The van der Waals surface area contributed by atoms with Crippen LogP contribution in [-0.4, -0.2) is 66.6 Å². The van der Waals surface area contributed by atoms with E-state index >= 15 is 0 Å². The zero-order chi connectivity index (χ0) is 14.9. The Hall–Kier alpha value is -1.04. The molecule has 1 aromatic heterocycles. The van der Waals surface area contributed by atoms with Gasteiger partial charge in [-0.15, -0.1) is 5.10 Å². The van der Waals surface area contributed by atoms with Gasteiger partial charge in [0.05, 0.1) is 20.3 Å². The van der Waals surface area contributed by atoms with E-state index in [1.54, 1.807) is 0 Å². The van der Waals surface area contributed by atoms with Gasteiger partial charge >= 0.3 is 5.97 Å². The molecule has 20 heavy (non-hydrogen) atoms. The number of carbonyl (C=O) groups excluding carboxylic acids is 1. The number of rotatable bonds is 3. The molecule has 2 heterocycles. The highest BCUT2D eigenvalue weighted by molar-refractivity contribution is 9.10. The Balaban J connectivity index is 2.44. The number of methoxy groups -OCH3 is 1. The SMILES string of the molecule is COC(=O)C1COCCN1S(=O)(=O)c1c(Br)nnn1C. The summed E-state index contributed by atoms with van der Waals surface area (Å²) in [5, 5.41) is 7.16. The quantitative estimate of drug-likeness (QED) is 0.639. The first-order valence-electron chi connectivity index (χ1n) is 5.62. The van der Waals surface area contributed by atoms with Gasteiger partial charge in [0.2, 0.25) is 5.03 Å². The molecule has 1 aromatic rings. The number of carbonyl (C=O) groups is 1. The lowest BCUT2D eigenvalue weighted by molar-refractivity contribution is -0.149. The Morgan fingerprint density at radius 1 is 1.55 bits per heavy atom. The molecule has 0 aromatic carbocycles. The van der Waals surface area contributed by atoms with Crippen LogP contribution < -0.4 is 0 Å². The van der Waals surface area contributed by atoms with Gasteiger partial charge in [-0.25, -0.2) is 13.1 Å². The third-order valence-corrected chi connectivity index (χ3v) is 5.64. The van der Waals surface area contributed by atoms with E-state index < -0.39 is 22.0 Å². The average molecular weight is 369 g/mol. The average Bonchev–Trinajstić information content (AvgIpc) is 2.77. The maximum atomic E-state index is 12.7. The molecule has 9 nitrogen and oxygen atoms in total. The van der Waals surface area contributed by atoms with Gasteiger partial charge in [0, 0.05) is 13.6 Å². The van der Waals surface area contributed by atoms with Gasteiger partial charge in [-0.05, 0) is 15.9 Å². The van der Waals surface area contributed by atoms with Crippen LogP contribution in [0.15, 0.2) is 9.63 Å². The van der Waals surface area contributed by atoms with Crippen LogP contribution in [0.4, 0.5) is 0 Å². The first-order valence-corrected chi connectivity index (χ1v) is 7.85. The Labute approximate surface area is 124 Å². The first-order chi connectivity index (χ1) is 9.39. The number of aryl methyl sites for hydroxylation is 1. The molecule has 11 heteroatoms. The lowest BCUT2D eigenvalue weighted by Crippen LogP contribution is -2.53. The van der Waals surface area contributed by atoms with Crippen molar-refractivity contribution in [3.05, 3.63) is 4.60 Å². The van der Waals surface area contributed by atoms with Crippen molar-refractivity contribution in [2.75, 3.05) is 26.9 Å². The fourth-order valence-electron chi connectivity index (χ4n) is 1.91. The molecule has 0 N–H and O–H groups in total. The van der Waals surface area contributed by atoms with Crippen molar-refractivity contribution < 1.29 is 22.7 Å². The van der Waals surface area contributed by atoms with Crippen molar-refractivity contribution in [3.8, 4) is 0 Å². The molecule has 0 spiro atoms. The summed E-state index contributed by atoms with van der Waals surface area (Å²) in [6.07, 6.45) is 0. The summed E-state index contributed by atoms with van der Waals surface area (Å²) in [5.41, 5.74) is 0. The highest BCUT2D eigenvalue weighted by Gasteiger charge is 2.41. The van der Waals surface area contributed by atoms with Gasteiger partial charge in [-0.1, -0.05) is 5.21 Å². The standard InChI is InChI=1S/C9H13BrN4O5S/c1-13-8(7(10)11-12-13)20(16,17)14-3-4-19-5-6(14)9(15)18-2/h6H,3-5H2,1-2H3. The summed E-state index contributed by atoms with van der Waals surface area (Å²) in [4.78, 5) is 11.7. The van der Waals surface area contributed by atoms with Crippen LogP contribution in [0.5, 0.6) is 0 Å². The van der Waals surface area contributed by atoms with E-state index in [0.29, 0.717) is 0 Å². The number of ether oxygens (including phenoxy) is 2. The van der Waals surface area contributed by atoms with Crippen LogP contribution in [0, 0.1) is 0 Å². The van der Waals surface area contributed by atoms with Gasteiger partial charge in [0.1, 0.15) is 6.04 Å². The van der Waals surface area contributed by atoms with Crippen LogP contribution in [-0.2, 0) is 31.3 Å². The van der Waals surface area contributed by atoms with Crippen molar-refractivity contribution in [2.45, 2.75) is 11.1 Å². The number of esters is 1. The predicted octanol–water partition coefficient (Wildman–Crippen LogP) is -0.860. The molecular formula is C9H13BrN4O5S. The second-order valence-electron chi connectivity index (χ2n) is 4.04. The summed E-state index contributed by atoms with van der Waals surface area (Å²) < 4.78 is 37.3. The van der Waals surface area contributed by atoms with Crippen LogP contribution in [0.2, 0.25) is 0 Å². The van der Waals surface area contributed by atoms with Gasteiger partial charge in [0.15, 0.2) is 4.60 Å². The van der Waals surface area contributed by atoms with Gasteiger partial charge in [-0.3, -0.25) is 4.79 Å². The third kappa shape index (κ3) is 2.57. The Morgan fingerprint density at radius 2 is 2.25 bits per heavy atom. The summed E-state index contributed by atoms with van der Waals surface area (Å²) in [6, 6.07) is -1.01. The van der Waals surface area contributed by atoms with Crippen molar-refractivity contribution >= 4 is 31.9 Å². The topological polar surface area (TPSA) is 104 Å². The molecular weight excluding hydrogens is 356 g/mol. The van der Waals surface area contributed by atoms with E-state index in [0.717, 1.165) is 8.99 Å². The Bertz CT molecular complexity index is 596. The number of nitrogens with zero attached hydrogens (tertiary/aromatic N) is 4. The van der Waals surface area contributed by atoms with Crippen molar-refractivity contribution in [1.82, 2.24) is 19.3 Å². The molecule has 0 saturated carbocycles. The number of hydrogen-bond acceptors (Lipinski definition) is 7. The summed E-state index contributed by atoms with van der Waals surface area (Å²) in [6.45, 7) is 0.212. The zero-order valence-corrected chi connectivity index (χ0v) is 13.2. The zero-order valence-electron chi connectivity index (χ0n) is 10.8. The fourth-order valence-corrected chi connectivity index (χ4v) is 4.49. The van der Waals surface area contributed by atoms with E-state index in [9.17, 15) is 13.2 Å². The van der Waals surface area contributed by atoms with Crippen molar-refractivity contribution in [2.24, 2.45) is 7.05 Å². The fraction of sp³-hybridized carbons (Fsp3) is 0.667. The number of aromatic nitrogens is 3. The van der Waals surface area contributed by atoms with Gasteiger partial charge in [-0.2, -0.15) is 4.31 Å². The predicted molar refractivity (Wildman–Crippen MR) is 69.2 cm³/mol. The molecule has 1 fully saturated rings. The smallest absolute Gasteiger partial charge is 0.326 e. The molecule has 0 radical (unpaired) electrons. The largest absolute Gasteiger partial charge is 0.468 e. The molecule has 112 valence electrons. The van der Waals surface area contributed by atoms with Crippen LogP contribution in [0.1, 0.15) is 0 Å². The van der Waals surface area contributed by atoms with Gasteiger partial charge in [0.25, 0.3) is 10.0 Å². The van der Waals surface area contributed by atoms with Crippen molar-refractivity contribution in [1.29, 1.82) is 0 Å². The molecule has 0 amide bonds. The normalized spacial score (nSPS) is 20.9. The van der Waals surface area contributed by atoms with Crippen LogP contribution >= 0.6 is 15.9 Å². The highest BCUT2D eigenvalue weighted by Crippen LogP contribution is 2.25. The molecule has 0 bridgehead atoms. The minimum absolute atomic E-state index is 0.0468. The minimum atomic E-state index is -3.94. The van der Waals surface area contributed by atoms with E-state index in [-0.39, 0.29) is 29.4 Å². The maximum absolute atomic E-state index is 12.7. The molecule has 1 aliphatic rings. The summed E-state index contributed by atoms with van der Waals surface area (Å²) in [7, 11) is -1.29. The molecule has 1 atom stereocenters. The maximum Gasteiger partial charge on any atom is 0.326 e. The Morgan fingerprint density at radius 3 is 2.80 bits per heavy atom. The number of hydrogen-bond donors (Lipinski definition) is 0. The van der Waals surface area contributed by atoms with E-state index in [1.807, 2.05) is 0 Å². The number of halogens is 1. The van der Waals surface area contributed by atoms with Gasteiger partial charge < -0.3 is 9.47 Å². The molecule has 0 aliphatic carbocycles. The molecule has 1 aliphatic heterocycles. The second kappa shape index (κ2) is 5.76. The lowest BCUT2D eigenvalue weighted by Gasteiger charge is -2.32. The lowest BCUT2D eigenvalue weighted by atomic mass is 10.3.